The molecular formula is C14H12Cl2N4O. The second-order valence-electron chi connectivity index (χ2n) is 4.08. The fourth-order valence-electron chi connectivity index (χ4n) is 1.73. The predicted octanol–water partition coefficient (Wildman–Crippen LogP) is 2.50. The highest BCUT2D eigenvalue weighted by atomic mass is 35.5. The molecule has 0 aliphatic rings. The monoisotopic (exact) mass is 322 g/mol. The molecule has 0 unspecified atom stereocenters. The van der Waals surface area contributed by atoms with E-state index < -0.39 is 0 Å². The lowest BCUT2D eigenvalue weighted by molar-refractivity contribution is -0.115. The second-order valence-corrected chi connectivity index (χ2v) is 4.89. The van der Waals surface area contributed by atoms with Gasteiger partial charge in [-0.1, -0.05) is 29.3 Å². The van der Waals surface area contributed by atoms with Gasteiger partial charge in [0.25, 0.3) is 5.91 Å². The normalized spacial score (nSPS) is 11.3. The number of halogens is 2. The molecule has 1 amide bonds. The van der Waals surface area contributed by atoms with Crippen molar-refractivity contribution >= 4 is 34.7 Å². The smallest absolute Gasteiger partial charge is 0.254 e. The number of nitrogens with two attached hydrogens (primary N) is 1. The number of benzene rings is 1. The van der Waals surface area contributed by atoms with Gasteiger partial charge in [-0.2, -0.15) is 0 Å². The Hall–Kier alpha value is -2.11. The Labute approximate surface area is 131 Å². The van der Waals surface area contributed by atoms with E-state index in [1.165, 1.54) is 19.6 Å². The maximum atomic E-state index is 11.7. The van der Waals surface area contributed by atoms with Gasteiger partial charge in [-0.3, -0.25) is 4.79 Å². The van der Waals surface area contributed by atoms with Crippen LogP contribution < -0.4 is 11.1 Å². The van der Waals surface area contributed by atoms with Crippen molar-refractivity contribution in [1.82, 2.24) is 15.3 Å². The molecule has 3 N–H and O–H groups in total. The van der Waals surface area contributed by atoms with Crippen LogP contribution in [0.15, 0.2) is 36.8 Å². The first-order valence-electron chi connectivity index (χ1n) is 5.98. The molecule has 0 aliphatic carbocycles. The van der Waals surface area contributed by atoms with Crippen LogP contribution in [-0.4, -0.2) is 22.9 Å². The second kappa shape index (κ2) is 6.56. The van der Waals surface area contributed by atoms with Gasteiger partial charge >= 0.3 is 0 Å². The number of nitrogens with zero attached hydrogens (tertiary/aromatic N) is 2. The summed E-state index contributed by atoms with van der Waals surface area (Å²) in [4.78, 5) is 20.0. The number of hydrogen-bond donors (Lipinski definition) is 2. The highest BCUT2D eigenvalue weighted by molar-refractivity contribution is 6.42. The quantitative estimate of drug-likeness (QED) is 0.851. The number of aromatic nitrogens is 2. The summed E-state index contributed by atoms with van der Waals surface area (Å²) in [7, 11) is 1.52. The first kappa shape index (κ1) is 15.3. The predicted molar refractivity (Wildman–Crippen MR) is 83.7 cm³/mol. The van der Waals surface area contributed by atoms with Crippen molar-refractivity contribution < 1.29 is 4.79 Å². The maximum absolute atomic E-state index is 11.7. The summed E-state index contributed by atoms with van der Waals surface area (Å²) in [6.07, 6.45) is 2.57. The molecule has 1 aromatic heterocycles. The van der Waals surface area contributed by atoms with E-state index in [9.17, 15) is 4.79 Å². The van der Waals surface area contributed by atoms with E-state index in [0.29, 0.717) is 21.4 Å². The van der Waals surface area contributed by atoms with Crippen molar-refractivity contribution in [3.63, 3.8) is 0 Å². The van der Waals surface area contributed by atoms with Gasteiger partial charge < -0.3 is 11.1 Å². The molecule has 0 spiro atoms. The van der Waals surface area contributed by atoms with E-state index in [0.717, 1.165) is 5.56 Å². The topological polar surface area (TPSA) is 80.9 Å². The van der Waals surface area contributed by atoms with Crippen LogP contribution in [0.4, 0.5) is 0 Å². The molecule has 21 heavy (non-hydrogen) atoms. The summed E-state index contributed by atoms with van der Waals surface area (Å²) >= 11 is 11.9. The molecular weight excluding hydrogens is 311 g/mol. The molecule has 0 saturated carbocycles. The Morgan fingerprint density at radius 2 is 2.00 bits per heavy atom. The van der Waals surface area contributed by atoms with Crippen molar-refractivity contribution in [1.29, 1.82) is 0 Å². The van der Waals surface area contributed by atoms with Gasteiger partial charge in [0.2, 0.25) is 0 Å². The van der Waals surface area contributed by atoms with Gasteiger partial charge in [0.1, 0.15) is 6.33 Å². The third kappa shape index (κ3) is 3.32. The molecule has 0 aliphatic heterocycles. The zero-order valence-corrected chi connectivity index (χ0v) is 12.6. The van der Waals surface area contributed by atoms with Gasteiger partial charge in [0.15, 0.2) is 0 Å². The van der Waals surface area contributed by atoms with Crippen molar-refractivity contribution in [2.75, 3.05) is 7.05 Å². The molecule has 7 heteroatoms. The molecule has 0 fully saturated rings. The zero-order chi connectivity index (χ0) is 15.4. The molecule has 0 atom stereocenters. The minimum Gasteiger partial charge on any atom is -0.404 e. The number of hydrogen-bond acceptors (Lipinski definition) is 4. The SMILES string of the molecule is CNC(=O)/C(=C\N)c1cc(-c2ccc(Cl)c(Cl)c2)ncn1. The Balaban J connectivity index is 2.46. The summed E-state index contributed by atoms with van der Waals surface area (Å²) in [6, 6.07) is 6.82. The molecule has 0 bridgehead atoms. The number of amides is 1. The number of rotatable bonds is 3. The highest BCUT2D eigenvalue weighted by Crippen LogP contribution is 2.28. The summed E-state index contributed by atoms with van der Waals surface area (Å²) in [5.41, 5.74) is 7.56. The molecule has 1 heterocycles. The molecule has 2 aromatic rings. The van der Waals surface area contributed by atoms with Crippen LogP contribution in [0.3, 0.4) is 0 Å². The molecule has 0 radical (unpaired) electrons. The average molecular weight is 323 g/mol. The van der Waals surface area contributed by atoms with Crippen molar-refractivity contribution in [3.8, 4) is 11.3 Å². The van der Waals surface area contributed by atoms with Crippen LogP contribution in [0, 0.1) is 0 Å². The van der Waals surface area contributed by atoms with E-state index >= 15 is 0 Å². The average Bonchev–Trinajstić information content (AvgIpc) is 2.51. The fraction of sp³-hybridized carbons (Fsp3) is 0.0714. The number of carbonyl (C=O) groups is 1. The van der Waals surface area contributed by atoms with Crippen LogP contribution in [-0.2, 0) is 4.79 Å². The van der Waals surface area contributed by atoms with Gasteiger partial charge in [-0.25, -0.2) is 9.97 Å². The third-order valence-corrected chi connectivity index (χ3v) is 3.54. The Morgan fingerprint density at radius 3 is 2.62 bits per heavy atom. The van der Waals surface area contributed by atoms with Gasteiger partial charge in [-0.15, -0.1) is 0 Å². The summed E-state index contributed by atoms with van der Waals surface area (Å²) < 4.78 is 0. The van der Waals surface area contributed by atoms with Crippen LogP contribution >= 0.6 is 23.2 Å². The maximum Gasteiger partial charge on any atom is 0.254 e. The molecule has 1 aromatic carbocycles. The van der Waals surface area contributed by atoms with Crippen LogP contribution in [0.1, 0.15) is 5.69 Å². The molecule has 0 saturated heterocycles. The van der Waals surface area contributed by atoms with Crippen molar-refractivity contribution in [2.24, 2.45) is 5.73 Å². The van der Waals surface area contributed by atoms with E-state index in [1.807, 2.05) is 0 Å². The van der Waals surface area contributed by atoms with Gasteiger partial charge in [-0.05, 0) is 18.2 Å². The Bertz CT molecular complexity index is 716. The zero-order valence-electron chi connectivity index (χ0n) is 11.1. The first-order valence-corrected chi connectivity index (χ1v) is 6.74. The van der Waals surface area contributed by atoms with Crippen LogP contribution in [0.25, 0.3) is 16.8 Å². The fourth-order valence-corrected chi connectivity index (χ4v) is 2.03. The first-order chi connectivity index (χ1) is 10.1. The van der Waals surface area contributed by atoms with E-state index in [2.05, 4.69) is 15.3 Å². The van der Waals surface area contributed by atoms with E-state index in [-0.39, 0.29) is 11.5 Å². The molecule has 108 valence electrons. The standard InChI is InChI=1S/C14H12Cl2N4O/c1-18-14(21)9(6-17)13-5-12(19-7-20-13)8-2-3-10(15)11(16)4-8/h2-7H,17H2,1H3,(H,18,21)/b9-6-. The van der Waals surface area contributed by atoms with Gasteiger partial charge in [0.05, 0.1) is 27.0 Å². The molecule has 5 nitrogen and oxygen atoms in total. The van der Waals surface area contributed by atoms with Gasteiger partial charge in [0, 0.05) is 18.8 Å². The highest BCUT2D eigenvalue weighted by Gasteiger charge is 2.13. The lowest BCUT2D eigenvalue weighted by atomic mass is 10.1. The summed E-state index contributed by atoms with van der Waals surface area (Å²) in [5.74, 6) is -0.323. The Morgan fingerprint density at radius 1 is 1.24 bits per heavy atom. The lowest BCUT2D eigenvalue weighted by Crippen LogP contribution is -2.20. The number of nitrogens with one attached hydrogen (secondary N) is 1. The number of carbonyl (C=O) groups excluding carboxylic acids is 1. The van der Waals surface area contributed by atoms with Crippen molar-refractivity contribution in [3.05, 3.63) is 52.5 Å². The number of likely N-dealkylation sites (N-methyl/N-ethyl adjacent to an activating group) is 1. The summed E-state index contributed by atoms with van der Waals surface area (Å²) in [6.45, 7) is 0. The lowest BCUT2D eigenvalue weighted by Gasteiger charge is -2.07. The van der Waals surface area contributed by atoms with E-state index in [1.54, 1.807) is 24.3 Å². The van der Waals surface area contributed by atoms with Crippen LogP contribution in [0.5, 0.6) is 0 Å². The van der Waals surface area contributed by atoms with Crippen LogP contribution in [0.2, 0.25) is 10.0 Å². The Kier molecular flexibility index (Phi) is 4.77. The largest absolute Gasteiger partial charge is 0.404 e. The minimum atomic E-state index is -0.323. The molecule has 2 rings (SSSR count). The third-order valence-electron chi connectivity index (χ3n) is 2.80. The minimum absolute atomic E-state index is 0.265. The van der Waals surface area contributed by atoms with Crippen molar-refractivity contribution in [2.45, 2.75) is 0 Å². The van der Waals surface area contributed by atoms with E-state index in [4.69, 9.17) is 28.9 Å². The summed E-state index contributed by atoms with van der Waals surface area (Å²) in [5, 5.41) is 3.39.